The summed E-state index contributed by atoms with van der Waals surface area (Å²) < 4.78 is 50.0. The van der Waals surface area contributed by atoms with Gasteiger partial charge in [-0.1, -0.05) is 0 Å². The molecule has 1 aromatic carbocycles. The standard InChI is InChI=1S/C13H16N2O4S2/c1-10-7-12(5-4-11(10)8-14)21(18,19)15-9-13-3-2-6-20(13,16)17/h4-5,7,13,15H,2-3,6,9H2,1H3. The van der Waals surface area contributed by atoms with E-state index in [0.717, 1.165) is 0 Å². The van der Waals surface area contributed by atoms with Crippen LogP contribution >= 0.6 is 0 Å². The summed E-state index contributed by atoms with van der Waals surface area (Å²) in [6, 6.07) is 6.16. The van der Waals surface area contributed by atoms with Gasteiger partial charge in [-0.3, -0.25) is 0 Å². The van der Waals surface area contributed by atoms with Crippen LogP contribution in [0.4, 0.5) is 0 Å². The zero-order valence-electron chi connectivity index (χ0n) is 11.5. The Kier molecular flexibility index (Phi) is 4.37. The molecule has 1 heterocycles. The molecule has 0 saturated carbocycles. The number of nitriles is 1. The van der Waals surface area contributed by atoms with Gasteiger partial charge in [0.1, 0.15) is 0 Å². The van der Waals surface area contributed by atoms with E-state index in [1.165, 1.54) is 18.2 Å². The van der Waals surface area contributed by atoms with E-state index in [-0.39, 0.29) is 17.2 Å². The predicted molar refractivity (Wildman–Crippen MR) is 77.9 cm³/mol. The Morgan fingerprint density at radius 1 is 1.43 bits per heavy atom. The lowest BCUT2D eigenvalue weighted by atomic mass is 10.1. The van der Waals surface area contributed by atoms with Crippen molar-refractivity contribution >= 4 is 19.9 Å². The molecule has 2 rings (SSSR count). The summed E-state index contributed by atoms with van der Waals surface area (Å²) in [4.78, 5) is 0.0365. The minimum absolute atomic E-state index is 0.0365. The van der Waals surface area contributed by atoms with E-state index >= 15 is 0 Å². The van der Waals surface area contributed by atoms with Crippen LogP contribution in [0.5, 0.6) is 0 Å². The van der Waals surface area contributed by atoms with Crippen molar-refractivity contribution in [2.75, 3.05) is 12.3 Å². The minimum atomic E-state index is -3.77. The fraction of sp³-hybridized carbons (Fsp3) is 0.462. The second-order valence-electron chi connectivity index (χ2n) is 5.07. The van der Waals surface area contributed by atoms with Crippen LogP contribution in [0.15, 0.2) is 23.1 Å². The van der Waals surface area contributed by atoms with Gasteiger partial charge in [0.2, 0.25) is 10.0 Å². The van der Waals surface area contributed by atoms with Crippen LogP contribution in [0.25, 0.3) is 0 Å². The van der Waals surface area contributed by atoms with Crippen molar-refractivity contribution in [3.63, 3.8) is 0 Å². The Hall–Kier alpha value is -1.43. The Morgan fingerprint density at radius 2 is 2.14 bits per heavy atom. The number of nitrogens with one attached hydrogen (secondary N) is 1. The lowest BCUT2D eigenvalue weighted by Gasteiger charge is -2.12. The van der Waals surface area contributed by atoms with E-state index in [9.17, 15) is 16.8 Å². The molecular weight excluding hydrogens is 312 g/mol. The number of hydrogen-bond donors (Lipinski definition) is 1. The second kappa shape index (κ2) is 5.75. The molecule has 0 spiro atoms. The van der Waals surface area contributed by atoms with Crippen molar-refractivity contribution in [1.82, 2.24) is 4.72 Å². The maximum atomic E-state index is 12.2. The topological polar surface area (TPSA) is 104 Å². The smallest absolute Gasteiger partial charge is 0.229 e. The van der Waals surface area contributed by atoms with Gasteiger partial charge in [0.15, 0.2) is 9.84 Å². The van der Waals surface area contributed by atoms with Gasteiger partial charge in [0, 0.05) is 6.54 Å². The van der Waals surface area contributed by atoms with Crippen molar-refractivity contribution in [2.45, 2.75) is 29.9 Å². The van der Waals surface area contributed by atoms with Crippen LogP contribution in [0.1, 0.15) is 24.0 Å². The molecule has 21 heavy (non-hydrogen) atoms. The van der Waals surface area contributed by atoms with Crippen molar-refractivity contribution in [3.8, 4) is 6.07 Å². The van der Waals surface area contributed by atoms with E-state index in [1.54, 1.807) is 6.92 Å². The van der Waals surface area contributed by atoms with Gasteiger partial charge < -0.3 is 0 Å². The molecule has 1 N–H and O–H groups in total. The first-order valence-electron chi connectivity index (χ1n) is 6.48. The molecule has 114 valence electrons. The highest BCUT2D eigenvalue weighted by molar-refractivity contribution is 7.92. The second-order valence-corrected chi connectivity index (χ2v) is 9.24. The molecule has 1 atom stereocenters. The van der Waals surface area contributed by atoms with Crippen molar-refractivity contribution in [2.24, 2.45) is 0 Å². The maximum absolute atomic E-state index is 12.2. The van der Waals surface area contributed by atoms with Crippen LogP contribution in [0, 0.1) is 18.3 Å². The summed E-state index contributed by atoms with van der Waals surface area (Å²) >= 11 is 0. The molecule has 0 amide bonds. The third-order valence-corrected chi connectivity index (χ3v) is 7.29. The monoisotopic (exact) mass is 328 g/mol. The zero-order chi connectivity index (χ0) is 15.7. The molecule has 8 heteroatoms. The lowest BCUT2D eigenvalue weighted by molar-refractivity contribution is 0.571. The fourth-order valence-electron chi connectivity index (χ4n) is 2.30. The number of hydrogen-bond acceptors (Lipinski definition) is 5. The van der Waals surface area contributed by atoms with Crippen LogP contribution in [0.2, 0.25) is 0 Å². The molecule has 1 unspecified atom stereocenters. The van der Waals surface area contributed by atoms with Gasteiger partial charge in [0.05, 0.1) is 27.5 Å². The van der Waals surface area contributed by atoms with Gasteiger partial charge in [-0.25, -0.2) is 21.6 Å². The molecule has 1 aromatic rings. The van der Waals surface area contributed by atoms with Gasteiger partial charge >= 0.3 is 0 Å². The molecule has 0 radical (unpaired) electrons. The van der Waals surface area contributed by atoms with Crippen LogP contribution in [0.3, 0.4) is 0 Å². The Balaban J connectivity index is 2.16. The third-order valence-electron chi connectivity index (χ3n) is 3.59. The van der Waals surface area contributed by atoms with Gasteiger partial charge in [-0.05, 0) is 43.5 Å². The Labute approximate surface area is 124 Å². The fourth-order valence-corrected chi connectivity index (χ4v) is 5.34. The van der Waals surface area contributed by atoms with E-state index in [2.05, 4.69) is 4.72 Å². The van der Waals surface area contributed by atoms with E-state index in [0.29, 0.717) is 24.0 Å². The average Bonchev–Trinajstić information content (AvgIpc) is 2.75. The molecule has 0 bridgehead atoms. The molecule has 1 fully saturated rings. The van der Waals surface area contributed by atoms with Crippen LogP contribution < -0.4 is 4.72 Å². The quantitative estimate of drug-likeness (QED) is 0.877. The summed E-state index contributed by atoms with van der Waals surface area (Å²) in [5.41, 5.74) is 0.973. The molecule has 1 saturated heterocycles. The van der Waals surface area contributed by atoms with Crippen LogP contribution in [-0.4, -0.2) is 34.4 Å². The predicted octanol–water partition coefficient (Wildman–Crippen LogP) is 0.722. The van der Waals surface area contributed by atoms with Crippen molar-refractivity contribution in [1.29, 1.82) is 5.26 Å². The van der Waals surface area contributed by atoms with E-state index < -0.39 is 25.1 Å². The first-order chi connectivity index (χ1) is 9.76. The molecule has 6 nitrogen and oxygen atoms in total. The van der Waals surface area contributed by atoms with Crippen molar-refractivity contribution in [3.05, 3.63) is 29.3 Å². The molecule has 1 aliphatic heterocycles. The minimum Gasteiger partial charge on any atom is -0.229 e. The molecule has 0 aliphatic carbocycles. The summed E-state index contributed by atoms with van der Waals surface area (Å²) in [6.07, 6.45) is 1.06. The summed E-state index contributed by atoms with van der Waals surface area (Å²) in [7, 11) is -6.95. The first-order valence-corrected chi connectivity index (χ1v) is 9.68. The number of benzene rings is 1. The summed E-state index contributed by atoms with van der Waals surface area (Å²) in [5, 5.41) is 8.19. The lowest BCUT2D eigenvalue weighted by Crippen LogP contribution is -2.34. The summed E-state index contributed by atoms with van der Waals surface area (Å²) in [6.45, 7) is 1.54. The highest BCUT2D eigenvalue weighted by Gasteiger charge is 2.32. The van der Waals surface area contributed by atoms with E-state index in [1.807, 2.05) is 6.07 Å². The van der Waals surface area contributed by atoms with Gasteiger partial charge in [-0.15, -0.1) is 0 Å². The summed E-state index contributed by atoms with van der Waals surface area (Å²) in [5.74, 6) is 0.120. The number of nitrogens with zero attached hydrogens (tertiary/aromatic N) is 1. The molecular formula is C13H16N2O4S2. The number of aryl methyl sites for hydroxylation is 1. The molecule has 1 aliphatic rings. The number of sulfone groups is 1. The normalized spacial score (nSPS) is 21.0. The van der Waals surface area contributed by atoms with Crippen LogP contribution in [-0.2, 0) is 19.9 Å². The Bertz CT molecular complexity index is 792. The molecule has 0 aromatic heterocycles. The zero-order valence-corrected chi connectivity index (χ0v) is 13.2. The number of sulfonamides is 1. The third kappa shape index (κ3) is 3.43. The highest BCUT2D eigenvalue weighted by Crippen LogP contribution is 2.20. The highest BCUT2D eigenvalue weighted by atomic mass is 32.2. The van der Waals surface area contributed by atoms with Gasteiger partial charge in [-0.2, -0.15) is 5.26 Å². The number of rotatable bonds is 4. The first kappa shape index (κ1) is 15.9. The van der Waals surface area contributed by atoms with Crippen molar-refractivity contribution < 1.29 is 16.8 Å². The van der Waals surface area contributed by atoms with E-state index in [4.69, 9.17) is 5.26 Å². The largest absolute Gasteiger partial charge is 0.240 e. The Morgan fingerprint density at radius 3 is 2.67 bits per heavy atom. The maximum Gasteiger partial charge on any atom is 0.240 e. The average molecular weight is 328 g/mol. The van der Waals surface area contributed by atoms with Gasteiger partial charge in [0.25, 0.3) is 0 Å². The SMILES string of the molecule is Cc1cc(S(=O)(=O)NCC2CCCS2(=O)=O)ccc1C#N.